The van der Waals surface area contributed by atoms with Gasteiger partial charge in [0.05, 0.1) is 12.0 Å². The quantitative estimate of drug-likeness (QED) is 0.662. The van der Waals surface area contributed by atoms with Crippen LogP contribution < -0.4 is 14.7 Å². The Labute approximate surface area is 167 Å². The first-order chi connectivity index (χ1) is 14.0. The molecule has 4 rings (SSSR count). The number of nitrogens with one attached hydrogen (secondary N) is 1. The maximum absolute atomic E-state index is 13.3. The summed E-state index contributed by atoms with van der Waals surface area (Å²) >= 11 is 0. The summed E-state index contributed by atoms with van der Waals surface area (Å²) in [5.74, 6) is -0.173. The molecule has 148 valence electrons. The van der Waals surface area contributed by atoms with Gasteiger partial charge < -0.3 is 19.3 Å². The molecule has 1 aromatic heterocycles. The highest BCUT2D eigenvalue weighted by molar-refractivity contribution is 7.73. The van der Waals surface area contributed by atoms with Gasteiger partial charge in [-0.05, 0) is 29.8 Å². The summed E-state index contributed by atoms with van der Waals surface area (Å²) in [6.07, 6.45) is 3.16. The Morgan fingerprint density at radius 2 is 2.10 bits per heavy atom. The molecule has 2 amide bonds. The van der Waals surface area contributed by atoms with Crippen LogP contribution in [0.5, 0.6) is 5.75 Å². The molecule has 9 heteroatoms. The van der Waals surface area contributed by atoms with Gasteiger partial charge in [0.15, 0.2) is 0 Å². The number of hydrogen-bond acceptors (Lipinski definition) is 4. The van der Waals surface area contributed by atoms with Crippen molar-refractivity contribution in [3.63, 3.8) is 0 Å². The number of ether oxygens (including phenoxy) is 1. The minimum absolute atomic E-state index is 0.0886. The Bertz CT molecular complexity index is 1070. The molecule has 1 atom stereocenters. The van der Waals surface area contributed by atoms with E-state index in [0.29, 0.717) is 18.0 Å². The summed E-state index contributed by atoms with van der Waals surface area (Å²) in [4.78, 5) is 31.0. The Balaban J connectivity index is 1.44. The summed E-state index contributed by atoms with van der Waals surface area (Å²) in [5.41, 5.74) is 1.39. The van der Waals surface area contributed by atoms with Crippen LogP contribution in [0.15, 0.2) is 61.1 Å². The van der Waals surface area contributed by atoms with Crippen LogP contribution in [0, 0.1) is 5.82 Å². The first kappa shape index (κ1) is 19.1. The number of para-hydroxylation sites is 2. The van der Waals surface area contributed by atoms with Crippen molar-refractivity contribution in [3.05, 3.63) is 78.1 Å². The Kier molecular flexibility index (Phi) is 5.27. The van der Waals surface area contributed by atoms with Gasteiger partial charge >= 0.3 is 0 Å². The number of fused-ring (bicyclic) bond motifs is 1. The number of imidazole rings is 1. The lowest BCUT2D eigenvalue weighted by Gasteiger charge is -2.19. The molecular formula is C20H18FN4O3P. The van der Waals surface area contributed by atoms with Crippen molar-refractivity contribution in [3.8, 4) is 5.75 Å². The van der Waals surface area contributed by atoms with Gasteiger partial charge in [0.2, 0.25) is 0 Å². The molecule has 29 heavy (non-hydrogen) atoms. The second kappa shape index (κ2) is 8.01. The maximum Gasteiger partial charge on any atom is 0.275 e. The van der Waals surface area contributed by atoms with E-state index < -0.39 is 14.0 Å². The molecule has 0 aliphatic carbocycles. The number of carbonyl (C=O) groups is 2. The fraction of sp³-hybridized carbons (Fsp3) is 0.150. The van der Waals surface area contributed by atoms with E-state index in [1.165, 1.54) is 23.4 Å². The molecule has 0 saturated carbocycles. The van der Waals surface area contributed by atoms with E-state index in [1.54, 1.807) is 42.1 Å². The highest BCUT2D eigenvalue weighted by Crippen LogP contribution is 2.42. The predicted molar refractivity (Wildman–Crippen MR) is 108 cm³/mol. The average molecular weight is 412 g/mol. The van der Waals surface area contributed by atoms with Crippen LogP contribution >= 0.6 is 8.07 Å². The first-order valence-corrected chi connectivity index (χ1v) is 10.4. The van der Waals surface area contributed by atoms with Gasteiger partial charge in [0.25, 0.3) is 11.6 Å². The minimum atomic E-state index is -1.59. The fourth-order valence-corrected chi connectivity index (χ4v) is 4.37. The fourth-order valence-electron chi connectivity index (χ4n) is 3.00. The van der Waals surface area contributed by atoms with Gasteiger partial charge in [-0.25, -0.2) is 9.37 Å². The Hall–Kier alpha value is -3.25. The van der Waals surface area contributed by atoms with E-state index in [1.807, 2.05) is 12.1 Å². The van der Waals surface area contributed by atoms with Crippen molar-refractivity contribution in [1.82, 2.24) is 14.6 Å². The van der Waals surface area contributed by atoms with Crippen molar-refractivity contribution < 1.29 is 18.7 Å². The third-order valence-corrected chi connectivity index (χ3v) is 6.07. The summed E-state index contributed by atoms with van der Waals surface area (Å²) < 4.78 is 20.7. The zero-order chi connectivity index (χ0) is 20.4. The monoisotopic (exact) mass is 412 g/mol. The van der Waals surface area contributed by atoms with Crippen LogP contribution in [0.1, 0.15) is 16.1 Å². The molecule has 0 saturated heterocycles. The number of rotatable bonds is 4. The Morgan fingerprint density at radius 3 is 2.93 bits per heavy atom. The number of nitrogens with zero attached hydrogens (tertiary/aromatic N) is 3. The van der Waals surface area contributed by atoms with Gasteiger partial charge in [-0.3, -0.25) is 9.59 Å². The number of amides is 2. The molecule has 0 spiro atoms. The van der Waals surface area contributed by atoms with Crippen molar-refractivity contribution >= 4 is 25.3 Å². The molecule has 1 aliphatic heterocycles. The van der Waals surface area contributed by atoms with Crippen molar-refractivity contribution in [2.45, 2.75) is 6.54 Å². The second-order valence-electron chi connectivity index (χ2n) is 6.51. The van der Waals surface area contributed by atoms with E-state index in [4.69, 9.17) is 4.74 Å². The van der Waals surface area contributed by atoms with Gasteiger partial charge in [0, 0.05) is 19.8 Å². The molecule has 0 radical (unpaired) electrons. The highest BCUT2D eigenvalue weighted by Gasteiger charge is 2.31. The number of carbonyl (C=O) groups excluding carboxylic acids is 2. The lowest BCUT2D eigenvalue weighted by atomic mass is 10.2. The van der Waals surface area contributed by atoms with E-state index in [9.17, 15) is 14.0 Å². The predicted octanol–water partition coefficient (Wildman–Crippen LogP) is 3.80. The normalized spacial score (nSPS) is 16.0. The molecule has 0 fully saturated rings. The smallest absolute Gasteiger partial charge is 0.275 e. The number of halogens is 1. The van der Waals surface area contributed by atoms with E-state index in [2.05, 4.69) is 10.1 Å². The number of benzene rings is 2. The topological polar surface area (TPSA) is 76.5 Å². The van der Waals surface area contributed by atoms with Gasteiger partial charge in [-0.2, -0.15) is 0 Å². The van der Waals surface area contributed by atoms with Gasteiger partial charge in [-0.15, -0.1) is 0 Å². The van der Waals surface area contributed by atoms with Crippen molar-refractivity contribution in [2.24, 2.45) is 0 Å². The largest absolute Gasteiger partial charge is 0.485 e. The van der Waals surface area contributed by atoms with Crippen LogP contribution in [-0.4, -0.2) is 34.5 Å². The van der Waals surface area contributed by atoms with Crippen LogP contribution in [-0.2, 0) is 6.54 Å². The van der Waals surface area contributed by atoms with Crippen LogP contribution in [0.25, 0.3) is 0 Å². The molecule has 1 N–H and O–H groups in total. The van der Waals surface area contributed by atoms with Crippen LogP contribution in [0.3, 0.4) is 0 Å². The van der Waals surface area contributed by atoms with E-state index in [-0.39, 0.29) is 23.5 Å². The third-order valence-electron chi connectivity index (χ3n) is 4.45. The standard InChI is InChI=1S/C20H18FN4O3P/c1-24-17-7-2-3-8-18(17)28-13-29(20(24)27)23-19(26)16-11-25(12-22-16)10-14-5-4-6-15(21)9-14/h2-9,11-12H,10,13H2,1H3,(H,23,26). The molecule has 3 aromatic rings. The zero-order valence-electron chi connectivity index (χ0n) is 15.6. The molecule has 1 aliphatic rings. The molecule has 7 nitrogen and oxygen atoms in total. The highest BCUT2D eigenvalue weighted by atomic mass is 31.1. The summed E-state index contributed by atoms with van der Waals surface area (Å²) in [7, 11) is 0.0728. The SMILES string of the molecule is CN1C(=O)P(NC(=O)c2cn(Cc3cccc(F)c3)cn2)COc2ccccc21. The second-order valence-corrected chi connectivity index (χ2v) is 8.23. The number of anilines is 1. The van der Waals surface area contributed by atoms with E-state index >= 15 is 0 Å². The summed E-state index contributed by atoms with van der Waals surface area (Å²) in [6, 6.07) is 13.5. The Morgan fingerprint density at radius 1 is 1.28 bits per heavy atom. The van der Waals surface area contributed by atoms with Crippen LogP contribution in [0.4, 0.5) is 14.9 Å². The molecule has 1 unspecified atom stereocenters. The summed E-state index contributed by atoms with van der Waals surface area (Å²) in [6.45, 7) is 0.382. The molecule has 2 aromatic carbocycles. The lowest BCUT2D eigenvalue weighted by Crippen LogP contribution is -2.30. The third kappa shape index (κ3) is 4.12. The molecule has 2 heterocycles. The average Bonchev–Trinajstić information content (AvgIpc) is 3.14. The van der Waals surface area contributed by atoms with Gasteiger partial charge in [-0.1, -0.05) is 24.3 Å². The first-order valence-electron chi connectivity index (χ1n) is 8.85. The molecular weight excluding hydrogens is 394 g/mol. The minimum Gasteiger partial charge on any atom is -0.485 e. The van der Waals surface area contributed by atoms with Crippen molar-refractivity contribution in [1.29, 1.82) is 0 Å². The number of hydrogen-bond donors (Lipinski definition) is 1. The maximum atomic E-state index is 13.3. The van der Waals surface area contributed by atoms with E-state index in [0.717, 1.165) is 5.56 Å². The zero-order valence-corrected chi connectivity index (χ0v) is 16.5. The summed E-state index contributed by atoms with van der Waals surface area (Å²) in [5, 5.41) is 2.75. The van der Waals surface area contributed by atoms with Gasteiger partial charge in [0.1, 0.15) is 31.7 Å². The number of aromatic nitrogens is 2. The van der Waals surface area contributed by atoms with Crippen molar-refractivity contribution in [2.75, 3.05) is 18.3 Å². The van der Waals surface area contributed by atoms with Crippen LogP contribution in [0.2, 0.25) is 0 Å². The molecule has 0 bridgehead atoms. The lowest BCUT2D eigenvalue weighted by molar-refractivity contribution is 0.0977.